The van der Waals surface area contributed by atoms with Gasteiger partial charge in [-0.2, -0.15) is 13.2 Å². The Morgan fingerprint density at radius 2 is 2.32 bits per heavy atom. The molecule has 0 bridgehead atoms. The molecule has 5 nitrogen and oxygen atoms in total. The maximum Gasteiger partial charge on any atom is 0.425 e. The summed E-state index contributed by atoms with van der Waals surface area (Å²) in [7, 11) is 0. The smallest absolute Gasteiger partial charge is 0.369 e. The molecule has 0 aliphatic carbocycles. The fourth-order valence-corrected chi connectivity index (χ4v) is 5.11. The highest BCUT2D eigenvalue weighted by Crippen LogP contribution is 2.51. The van der Waals surface area contributed by atoms with Gasteiger partial charge in [-0.15, -0.1) is 16.4 Å². The normalized spacial score (nSPS) is 31.1. The van der Waals surface area contributed by atoms with E-state index >= 15 is 0 Å². The average molecular weight is 375 g/mol. The Morgan fingerprint density at radius 3 is 3.04 bits per heavy atom. The molecule has 2 aliphatic heterocycles. The molecule has 9 heteroatoms. The minimum Gasteiger partial charge on any atom is -0.369 e. The lowest BCUT2D eigenvalue weighted by molar-refractivity contribution is -0.134. The number of halogens is 3. The van der Waals surface area contributed by atoms with E-state index in [1.165, 1.54) is 12.3 Å². The first kappa shape index (κ1) is 14.7. The summed E-state index contributed by atoms with van der Waals surface area (Å²) in [6.45, 7) is 1.05. The summed E-state index contributed by atoms with van der Waals surface area (Å²) in [5.74, 6) is 0. The molecule has 0 unspecified atom stereocenters. The number of hydrogen-bond acceptors (Lipinski definition) is 5. The van der Waals surface area contributed by atoms with E-state index in [2.05, 4.69) is 15.6 Å². The lowest BCUT2D eigenvalue weighted by atomic mass is 9.88. The molecule has 1 fully saturated rings. The van der Waals surface area contributed by atoms with Crippen molar-refractivity contribution in [3.05, 3.63) is 33.3 Å². The van der Waals surface area contributed by atoms with Gasteiger partial charge in [-0.1, -0.05) is 5.21 Å². The molecule has 136 valence electrons. The van der Waals surface area contributed by atoms with Gasteiger partial charge in [0.1, 0.15) is 10.5 Å². The zero-order valence-electron chi connectivity index (χ0n) is 15.5. The first-order valence-corrected chi connectivity index (χ1v) is 8.86. The summed E-state index contributed by atoms with van der Waals surface area (Å²) in [5.41, 5.74) is 0.489. The zero-order chi connectivity index (χ0) is 19.4. The Balaban J connectivity index is 1.69. The highest BCUT2D eigenvalue weighted by Gasteiger charge is 2.48. The van der Waals surface area contributed by atoms with Gasteiger partial charge >= 0.3 is 6.18 Å². The van der Waals surface area contributed by atoms with Crippen LogP contribution < -0.4 is 5.32 Å². The molecule has 0 saturated carbocycles. The van der Waals surface area contributed by atoms with Crippen LogP contribution in [0.2, 0.25) is 0 Å². The Morgan fingerprint density at radius 1 is 1.48 bits per heavy atom. The summed E-state index contributed by atoms with van der Waals surface area (Å²) in [4.78, 5) is 0.0722. The molecule has 2 aromatic rings. The van der Waals surface area contributed by atoms with Crippen LogP contribution in [0.4, 0.5) is 13.2 Å². The number of nitrogens with zero attached hydrogens (tertiary/aromatic N) is 3. The second-order valence-corrected chi connectivity index (χ2v) is 7.76. The number of rotatable bonds is 1. The molecule has 0 aromatic carbocycles. The summed E-state index contributed by atoms with van der Waals surface area (Å²) in [6.07, 6.45) is -1.34. The molecular formula is C16H19F3N4OS. The van der Waals surface area contributed by atoms with Crippen LogP contribution in [-0.4, -0.2) is 27.6 Å². The van der Waals surface area contributed by atoms with Crippen LogP contribution in [0.5, 0.6) is 0 Å². The lowest BCUT2D eigenvalue weighted by Gasteiger charge is -2.45. The van der Waals surface area contributed by atoms with Crippen molar-refractivity contribution >= 4 is 11.3 Å². The summed E-state index contributed by atoms with van der Waals surface area (Å²) >= 11 is 0.778. The van der Waals surface area contributed by atoms with Crippen LogP contribution in [0.1, 0.15) is 49.6 Å². The van der Waals surface area contributed by atoms with E-state index in [-0.39, 0.29) is 12.1 Å². The van der Waals surface area contributed by atoms with Crippen LogP contribution in [0.3, 0.4) is 0 Å². The Bertz CT molecular complexity index is 840. The number of hydrogen-bond donors (Lipinski definition) is 1. The van der Waals surface area contributed by atoms with Crippen LogP contribution >= 0.6 is 11.3 Å². The van der Waals surface area contributed by atoms with Gasteiger partial charge in [0.25, 0.3) is 0 Å². The van der Waals surface area contributed by atoms with Crippen molar-refractivity contribution < 1.29 is 20.6 Å². The van der Waals surface area contributed by atoms with Gasteiger partial charge in [0.2, 0.25) is 0 Å². The summed E-state index contributed by atoms with van der Waals surface area (Å²) in [6, 6.07) is 0.982. The molecule has 0 radical (unpaired) electrons. The molecule has 2 aliphatic rings. The van der Waals surface area contributed by atoms with E-state index in [0.29, 0.717) is 42.0 Å². The predicted molar refractivity (Wildman–Crippen MR) is 86.2 cm³/mol. The number of ether oxygens (including phenoxy) is 1. The lowest BCUT2D eigenvalue weighted by Crippen LogP contribution is -2.49. The summed E-state index contributed by atoms with van der Waals surface area (Å²) < 4.78 is 61.7. The molecule has 2 aromatic heterocycles. The fourth-order valence-electron chi connectivity index (χ4n) is 3.87. The molecule has 25 heavy (non-hydrogen) atoms. The largest absolute Gasteiger partial charge is 0.425 e. The molecular weight excluding hydrogens is 354 g/mol. The van der Waals surface area contributed by atoms with E-state index in [4.69, 9.17) is 7.48 Å². The topological polar surface area (TPSA) is 52.0 Å². The molecule has 3 atom stereocenters. The molecule has 1 saturated heterocycles. The number of alkyl halides is 3. The maximum atomic E-state index is 13.2. The van der Waals surface area contributed by atoms with Gasteiger partial charge in [-0.3, -0.25) is 4.68 Å². The minimum atomic E-state index is -4.36. The number of aromatic nitrogens is 3. The number of aryl methyl sites for hydroxylation is 1. The van der Waals surface area contributed by atoms with Crippen molar-refractivity contribution in [3.8, 4) is 0 Å². The van der Waals surface area contributed by atoms with Gasteiger partial charge in [-0.05, 0) is 31.4 Å². The van der Waals surface area contributed by atoms with Crippen LogP contribution in [-0.2, 0) is 29.9 Å². The number of fused-ring (bicyclic) bond motifs is 2. The van der Waals surface area contributed by atoms with Crippen molar-refractivity contribution in [2.24, 2.45) is 7.00 Å². The minimum absolute atomic E-state index is 0.000846. The highest BCUT2D eigenvalue weighted by atomic mass is 32.1. The van der Waals surface area contributed by atoms with E-state index in [1.807, 2.05) is 6.92 Å². The molecule has 1 N–H and O–H groups in total. The monoisotopic (exact) mass is 375 g/mol. The van der Waals surface area contributed by atoms with Gasteiger partial charge in [0, 0.05) is 33.3 Å². The third-order valence-electron chi connectivity index (χ3n) is 4.79. The molecule has 4 rings (SSSR count). The standard InChI is InChI=1S/C16H19F3N4OS/c1-9-6-15(7-11(20-9)12-8-23(2)22-21-12)14-10(3-4-24-15)5-13(25-14)16(17,18)19/h5,8-9,11,20H,3-4,6-7H2,1-2H3/t9-,11-,15-/m0/s1/i2D2,7+1. The van der Waals surface area contributed by atoms with E-state index in [0.717, 1.165) is 16.0 Å². The Labute approximate surface area is 150 Å². The number of thiophene rings is 1. The van der Waals surface area contributed by atoms with E-state index in [1.54, 1.807) is 0 Å². The molecule has 0 amide bonds. The highest BCUT2D eigenvalue weighted by molar-refractivity contribution is 7.12. The zero-order valence-corrected chi connectivity index (χ0v) is 14.3. The number of nitrogens with one attached hydrogen (secondary N) is 1. The van der Waals surface area contributed by atoms with Crippen molar-refractivity contribution in [2.45, 2.75) is 50.0 Å². The van der Waals surface area contributed by atoms with Crippen molar-refractivity contribution in [1.82, 2.24) is 20.3 Å². The third kappa shape index (κ3) is 2.98. The van der Waals surface area contributed by atoms with Crippen LogP contribution in [0.25, 0.3) is 0 Å². The molecule has 1 spiro atoms. The second-order valence-electron chi connectivity index (χ2n) is 6.71. The van der Waals surface area contributed by atoms with Crippen LogP contribution in [0.15, 0.2) is 12.3 Å². The SMILES string of the molecule is [2H]C([2H])n1cc([C@@H]2[13CH2][C@]3(C[C@H](C)N2)OCCc2cc(C(F)(F)F)sc23)nn1. The van der Waals surface area contributed by atoms with Gasteiger partial charge in [-0.25, -0.2) is 0 Å². The van der Waals surface area contributed by atoms with E-state index in [9.17, 15) is 13.2 Å². The van der Waals surface area contributed by atoms with Gasteiger partial charge in [0.15, 0.2) is 0 Å². The quantitative estimate of drug-likeness (QED) is 0.778. The Hall–Kier alpha value is -1.45. The fraction of sp³-hybridized carbons (Fsp3) is 0.625. The van der Waals surface area contributed by atoms with Crippen molar-refractivity contribution in [1.29, 1.82) is 0 Å². The maximum absolute atomic E-state index is 13.2. The van der Waals surface area contributed by atoms with Crippen molar-refractivity contribution in [3.63, 3.8) is 0 Å². The second kappa shape index (κ2) is 5.78. The average Bonchev–Trinajstić information content (AvgIpc) is 3.22. The van der Waals surface area contributed by atoms with Crippen LogP contribution in [0, 0.1) is 0 Å². The third-order valence-corrected chi connectivity index (χ3v) is 6.20. The van der Waals surface area contributed by atoms with E-state index < -0.39 is 23.7 Å². The first-order chi connectivity index (χ1) is 12.7. The van der Waals surface area contributed by atoms with Gasteiger partial charge in [0.05, 0.1) is 18.3 Å². The molecule has 4 heterocycles. The first-order valence-electron chi connectivity index (χ1n) is 9.20. The van der Waals surface area contributed by atoms with Crippen molar-refractivity contribution in [2.75, 3.05) is 6.61 Å². The predicted octanol–water partition coefficient (Wildman–Crippen LogP) is 3.18. The van der Waals surface area contributed by atoms with Gasteiger partial charge < -0.3 is 10.1 Å². The number of piperidine rings is 1. The summed E-state index contributed by atoms with van der Waals surface area (Å²) in [5, 5.41) is 11.2. The Kier molecular flexibility index (Phi) is 3.40.